The van der Waals surface area contributed by atoms with Crippen molar-refractivity contribution in [3.63, 3.8) is 0 Å². The van der Waals surface area contributed by atoms with E-state index in [1.54, 1.807) is 6.92 Å². The van der Waals surface area contributed by atoms with Crippen LogP contribution in [0.15, 0.2) is 12.2 Å². The molecule has 0 aliphatic rings. The summed E-state index contributed by atoms with van der Waals surface area (Å²) in [6.45, 7) is 5.74. The predicted molar refractivity (Wildman–Crippen MR) is 74.9 cm³/mol. The van der Waals surface area contributed by atoms with E-state index in [0.717, 1.165) is 0 Å². The van der Waals surface area contributed by atoms with E-state index >= 15 is 0 Å². The molecule has 0 aromatic rings. The van der Waals surface area contributed by atoms with E-state index in [2.05, 4.69) is 17.2 Å². The SMILES string of the molecule is C=C(C)C(=O)OCCCNC(=O)NCCC[P+](O)(O)O. The van der Waals surface area contributed by atoms with E-state index < -0.39 is 19.9 Å². The summed E-state index contributed by atoms with van der Waals surface area (Å²) in [6, 6.07) is -0.408. The molecule has 8 nitrogen and oxygen atoms in total. The van der Waals surface area contributed by atoms with E-state index in [1.807, 2.05) is 0 Å². The van der Waals surface area contributed by atoms with Gasteiger partial charge in [0.25, 0.3) is 0 Å². The molecule has 0 fully saturated rings. The number of rotatable bonds is 9. The molecule has 2 amide bonds. The van der Waals surface area contributed by atoms with Gasteiger partial charge in [0, 0.05) is 25.1 Å². The third-order valence-corrected chi connectivity index (χ3v) is 3.02. The lowest BCUT2D eigenvalue weighted by Crippen LogP contribution is -2.37. The molecular weight excluding hydrogens is 287 g/mol. The van der Waals surface area contributed by atoms with Crippen molar-refractivity contribution < 1.29 is 29.0 Å². The quantitative estimate of drug-likeness (QED) is 0.175. The van der Waals surface area contributed by atoms with Crippen molar-refractivity contribution in [3.8, 4) is 0 Å². The zero-order chi connectivity index (χ0) is 15.6. The topological polar surface area (TPSA) is 128 Å². The number of ether oxygens (including phenoxy) is 1. The van der Waals surface area contributed by atoms with Crippen LogP contribution in [-0.2, 0) is 9.53 Å². The fraction of sp³-hybridized carbons (Fsp3) is 0.636. The summed E-state index contributed by atoms with van der Waals surface area (Å²) in [5, 5.41) is 5.03. The summed E-state index contributed by atoms with van der Waals surface area (Å²) >= 11 is 0. The van der Waals surface area contributed by atoms with Gasteiger partial charge in [-0.15, -0.1) is 0 Å². The van der Waals surface area contributed by atoms with Crippen LogP contribution in [0.3, 0.4) is 0 Å². The first kappa shape index (κ1) is 18.8. The van der Waals surface area contributed by atoms with Crippen LogP contribution in [0.4, 0.5) is 4.79 Å². The number of carbonyl (C=O) groups excluding carboxylic acids is 2. The van der Waals surface area contributed by atoms with Crippen LogP contribution in [0, 0.1) is 0 Å². The molecule has 0 rings (SSSR count). The van der Waals surface area contributed by atoms with Gasteiger partial charge in [-0.25, -0.2) is 9.59 Å². The number of esters is 1. The Hall–Kier alpha value is -1.21. The summed E-state index contributed by atoms with van der Waals surface area (Å²) in [5.41, 5.74) is 0.325. The predicted octanol–water partition coefficient (Wildman–Crippen LogP) is -0.0754. The summed E-state index contributed by atoms with van der Waals surface area (Å²) in [4.78, 5) is 48.4. The average Bonchev–Trinajstić information content (AvgIpc) is 2.32. The average molecular weight is 309 g/mol. The second kappa shape index (κ2) is 9.66. The Morgan fingerprint density at radius 3 is 2.20 bits per heavy atom. The number of carbonyl (C=O) groups is 2. The first-order valence-electron chi connectivity index (χ1n) is 6.13. The molecule has 9 heteroatoms. The first-order chi connectivity index (χ1) is 9.22. The highest BCUT2D eigenvalue weighted by Gasteiger charge is 2.28. The Bertz CT molecular complexity index is 342. The van der Waals surface area contributed by atoms with Gasteiger partial charge >= 0.3 is 19.9 Å². The van der Waals surface area contributed by atoms with Crippen LogP contribution in [0.25, 0.3) is 0 Å². The largest absolute Gasteiger partial charge is 0.462 e. The molecular formula is C11H22N2O6P+. The number of nitrogens with one attached hydrogen (secondary N) is 2. The maximum Gasteiger partial charge on any atom is 0.403 e. The molecule has 0 aliphatic heterocycles. The van der Waals surface area contributed by atoms with Crippen LogP contribution in [0.2, 0.25) is 0 Å². The number of urea groups is 1. The van der Waals surface area contributed by atoms with Gasteiger partial charge in [-0.1, -0.05) is 6.58 Å². The summed E-state index contributed by atoms with van der Waals surface area (Å²) in [5.74, 6) is -0.460. The van der Waals surface area contributed by atoms with Gasteiger partial charge in [-0.05, 0) is 13.3 Å². The highest BCUT2D eigenvalue weighted by atomic mass is 31.2. The molecule has 0 bridgehead atoms. The van der Waals surface area contributed by atoms with Gasteiger partial charge in [0.2, 0.25) is 0 Å². The molecule has 5 N–H and O–H groups in total. The zero-order valence-corrected chi connectivity index (χ0v) is 12.4. The van der Waals surface area contributed by atoms with E-state index in [-0.39, 0.29) is 25.7 Å². The van der Waals surface area contributed by atoms with Crippen LogP contribution >= 0.6 is 7.94 Å². The van der Waals surface area contributed by atoms with Gasteiger partial charge in [-0.2, -0.15) is 14.7 Å². The minimum Gasteiger partial charge on any atom is -0.462 e. The highest BCUT2D eigenvalue weighted by molar-refractivity contribution is 7.58. The van der Waals surface area contributed by atoms with E-state index in [9.17, 15) is 9.59 Å². The molecule has 20 heavy (non-hydrogen) atoms. The van der Waals surface area contributed by atoms with Crippen molar-refractivity contribution in [1.82, 2.24) is 10.6 Å². The summed E-state index contributed by atoms with van der Waals surface area (Å²) in [6.07, 6.45) is 0.593. The first-order valence-corrected chi connectivity index (χ1v) is 7.96. The Morgan fingerprint density at radius 2 is 1.70 bits per heavy atom. The van der Waals surface area contributed by atoms with Crippen molar-refractivity contribution in [1.29, 1.82) is 0 Å². The zero-order valence-electron chi connectivity index (χ0n) is 11.5. The second-order valence-corrected chi connectivity index (χ2v) is 6.05. The molecule has 0 spiro atoms. The Balaban J connectivity index is 3.46. The molecule has 0 heterocycles. The molecule has 0 saturated heterocycles. The van der Waals surface area contributed by atoms with Crippen LogP contribution in [-0.4, -0.2) is 52.5 Å². The van der Waals surface area contributed by atoms with Gasteiger partial charge < -0.3 is 15.4 Å². The number of amides is 2. The molecule has 0 atom stereocenters. The smallest absolute Gasteiger partial charge is 0.403 e. The van der Waals surface area contributed by atoms with E-state index in [1.165, 1.54) is 0 Å². The minimum atomic E-state index is -3.75. The third kappa shape index (κ3) is 11.9. The molecule has 116 valence electrons. The maximum atomic E-state index is 11.3. The molecule has 0 unspecified atom stereocenters. The highest BCUT2D eigenvalue weighted by Crippen LogP contribution is 2.44. The van der Waals surface area contributed by atoms with Crippen molar-refractivity contribution in [2.24, 2.45) is 0 Å². The van der Waals surface area contributed by atoms with Crippen molar-refractivity contribution >= 4 is 19.9 Å². The lowest BCUT2D eigenvalue weighted by atomic mass is 10.3. The second-order valence-electron chi connectivity index (χ2n) is 4.22. The van der Waals surface area contributed by atoms with Gasteiger partial charge in [0.05, 0.1) is 6.61 Å². The van der Waals surface area contributed by atoms with Crippen molar-refractivity contribution in [2.75, 3.05) is 25.9 Å². The lowest BCUT2D eigenvalue weighted by Gasteiger charge is -2.08. The van der Waals surface area contributed by atoms with Crippen LogP contribution in [0.5, 0.6) is 0 Å². The van der Waals surface area contributed by atoms with Crippen molar-refractivity contribution in [3.05, 3.63) is 12.2 Å². The summed E-state index contributed by atoms with van der Waals surface area (Å²) < 4.78 is 4.83. The Morgan fingerprint density at radius 1 is 1.15 bits per heavy atom. The van der Waals surface area contributed by atoms with Crippen LogP contribution < -0.4 is 10.6 Å². The standard InChI is InChI=1S/C11H21N2O6P/c1-9(2)10(14)19-7-3-5-12-11(15)13-6-4-8-20(16,17)18/h16-18H,1,3-8H2,2H3,(H-,12,13,15)/p+1. The minimum absolute atomic E-state index is 0.149. The van der Waals surface area contributed by atoms with Gasteiger partial charge in [0.15, 0.2) is 0 Å². The Labute approximate surface area is 118 Å². The number of hydrogen-bond acceptors (Lipinski definition) is 6. The number of hydrogen-bond donors (Lipinski definition) is 5. The fourth-order valence-corrected chi connectivity index (χ4v) is 1.70. The molecule has 0 saturated carbocycles. The fourth-order valence-electron chi connectivity index (χ4n) is 1.12. The Kier molecular flexibility index (Phi) is 9.07. The van der Waals surface area contributed by atoms with Crippen molar-refractivity contribution in [2.45, 2.75) is 19.8 Å². The van der Waals surface area contributed by atoms with E-state index in [4.69, 9.17) is 19.4 Å². The molecule has 0 aromatic heterocycles. The van der Waals surface area contributed by atoms with Gasteiger partial charge in [-0.3, -0.25) is 0 Å². The normalized spacial score (nSPS) is 10.8. The monoisotopic (exact) mass is 309 g/mol. The van der Waals surface area contributed by atoms with E-state index in [0.29, 0.717) is 18.5 Å². The molecule has 0 aliphatic carbocycles. The third-order valence-electron chi connectivity index (χ3n) is 2.11. The summed E-state index contributed by atoms with van der Waals surface area (Å²) in [7, 11) is -3.75. The van der Waals surface area contributed by atoms with Gasteiger partial charge in [0.1, 0.15) is 6.16 Å². The lowest BCUT2D eigenvalue weighted by molar-refractivity contribution is -0.138. The van der Waals surface area contributed by atoms with Crippen LogP contribution in [0.1, 0.15) is 19.8 Å². The molecule has 0 radical (unpaired) electrons. The maximum absolute atomic E-state index is 11.3. The molecule has 0 aromatic carbocycles.